The van der Waals surface area contributed by atoms with Gasteiger partial charge in [0.1, 0.15) is 0 Å². The molecule has 1 fully saturated rings. The summed E-state index contributed by atoms with van der Waals surface area (Å²) in [5.74, 6) is 1.11. The fraction of sp³-hybridized carbons (Fsp3) is 0.667. The number of esters is 1. The second-order valence-corrected chi connectivity index (χ2v) is 5.34. The van der Waals surface area contributed by atoms with Gasteiger partial charge in [0.2, 0.25) is 5.95 Å². The van der Waals surface area contributed by atoms with Crippen LogP contribution in [0.5, 0.6) is 0 Å². The summed E-state index contributed by atoms with van der Waals surface area (Å²) in [6, 6.07) is 0.412. The standard InChI is InChI=1S/C15H23N3O2/c1-4-12(8-11-6-7-11)18-15-16-9-13(10(3)17-15)14(19)20-5-2/h9,11-12H,4-8H2,1-3H3,(H,16,17,18). The number of hydrogen-bond acceptors (Lipinski definition) is 5. The highest BCUT2D eigenvalue weighted by atomic mass is 16.5. The van der Waals surface area contributed by atoms with E-state index in [1.807, 2.05) is 0 Å². The molecule has 5 nitrogen and oxygen atoms in total. The van der Waals surface area contributed by atoms with E-state index in [2.05, 4.69) is 22.2 Å². The van der Waals surface area contributed by atoms with E-state index in [4.69, 9.17) is 4.74 Å². The fourth-order valence-corrected chi connectivity index (χ4v) is 2.21. The number of aromatic nitrogens is 2. The first-order chi connectivity index (χ1) is 9.63. The molecule has 0 radical (unpaired) electrons. The van der Waals surface area contributed by atoms with Gasteiger partial charge in [0.05, 0.1) is 17.9 Å². The van der Waals surface area contributed by atoms with E-state index in [0.717, 1.165) is 12.3 Å². The molecule has 1 saturated carbocycles. The minimum absolute atomic E-state index is 0.359. The van der Waals surface area contributed by atoms with Crippen LogP contribution in [0.25, 0.3) is 0 Å². The molecule has 1 aliphatic rings. The van der Waals surface area contributed by atoms with Crippen LogP contribution in [0.2, 0.25) is 0 Å². The van der Waals surface area contributed by atoms with Gasteiger partial charge in [-0.1, -0.05) is 19.8 Å². The molecule has 0 spiro atoms. The Morgan fingerprint density at radius 2 is 2.25 bits per heavy atom. The Kier molecular flexibility index (Phi) is 4.93. The second kappa shape index (κ2) is 6.68. The Bertz CT molecular complexity index is 472. The SMILES string of the molecule is CCOC(=O)c1cnc(NC(CC)CC2CC2)nc1C. The Labute approximate surface area is 120 Å². The average molecular weight is 277 g/mol. The molecule has 1 heterocycles. The molecule has 1 N–H and O–H groups in total. The Balaban J connectivity index is 2.01. The molecule has 1 aromatic rings. The van der Waals surface area contributed by atoms with Crippen molar-refractivity contribution in [3.05, 3.63) is 17.5 Å². The van der Waals surface area contributed by atoms with Crippen LogP contribution >= 0.6 is 0 Å². The number of carbonyl (C=O) groups excluding carboxylic acids is 1. The lowest BCUT2D eigenvalue weighted by Crippen LogP contribution is -2.21. The summed E-state index contributed by atoms with van der Waals surface area (Å²) in [7, 11) is 0. The van der Waals surface area contributed by atoms with E-state index in [-0.39, 0.29) is 5.97 Å². The molecule has 0 aromatic carbocycles. The van der Waals surface area contributed by atoms with Crippen molar-refractivity contribution < 1.29 is 9.53 Å². The zero-order valence-electron chi connectivity index (χ0n) is 12.5. The second-order valence-electron chi connectivity index (χ2n) is 5.34. The van der Waals surface area contributed by atoms with E-state index >= 15 is 0 Å². The number of carbonyl (C=O) groups is 1. The number of aryl methyl sites for hydroxylation is 1. The summed E-state index contributed by atoms with van der Waals surface area (Å²) in [4.78, 5) is 20.3. The molecule has 0 amide bonds. The molecule has 0 saturated heterocycles. The van der Waals surface area contributed by atoms with Crippen molar-refractivity contribution in [2.24, 2.45) is 5.92 Å². The highest BCUT2D eigenvalue weighted by Gasteiger charge is 2.25. The van der Waals surface area contributed by atoms with Gasteiger partial charge in [-0.15, -0.1) is 0 Å². The molecular weight excluding hydrogens is 254 g/mol. The van der Waals surface area contributed by atoms with Gasteiger partial charge in [-0.3, -0.25) is 0 Å². The van der Waals surface area contributed by atoms with E-state index in [0.29, 0.717) is 29.9 Å². The van der Waals surface area contributed by atoms with Crippen molar-refractivity contribution in [2.75, 3.05) is 11.9 Å². The number of hydrogen-bond donors (Lipinski definition) is 1. The minimum Gasteiger partial charge on any atom is -0.462 e. The number of nitrogens with one attached hydrogen (secondary N) is 1. The lowest BCUT2D eigenvalue weighted by atomic mass is 10.1. The summed E-state index contributed by atoms with van der Waals surface area (Å²) in [5.41, 5.74) is 1.09. The smallest absolute Gasteiger partial charge is 0.341 e. The molecule has 20 heavy (non-hydrogen) atoms. The zero-order valence-corrected chi connectivity index (χ0v) is 12.5. The Morgan fingerprint density at radius 1 is 1.50 bits per heavy atom. The van der Waals surface area contributed by atoms with Crippen LogP contribution < -0.4 is 5.32 Å². The van der Waals surface area contributed by atoms with Crippen molar-refractivity contribution >= 4 is 11.9 Å². The summed E-state index contributed by atoms with van der Waals surface area (Å²) in [6.07, 6.45) is 6.48. The van der Waals surface area contributed by atoms with Crippen LogP contribution in [0.15, 0.2) is 6.20 Å². The van der Waals surface area contributed by atoms with Crippen LogP contribution in [0.4, 0.5) is 5.95 Å². The summed E-state index contributed by atoms with van der Waals surface area (Å²) in [5, 5.41) is 3.36. The van der Waals surface area contributed by atoms with Gasteiger partial charge in [-0.25, -0.2) is 14.8 Å². The minimum atomic E-state index is -0.360. The van der Waals surface area contributed by atoms with Crippen LogP contribution in [-0.4, -0.2) is 28.6 Å². The summed E-state index contributed by atoms with van der Waals surface area (Å²) in [6.45, 7) is 6.12. The fourth-order valence-electron chi connectivity index (χ4n) is 2.21. The lowest BCUT2D eigenvalue weighted by Gasteiger charge is -2.17. The van der Waals surface area contributed by atoms with E-state index in [1.165, 1.54) is 19.3 Å². The topological polar surface area (TPSA) is 64.1 Å². The molecule has 110 valence electrons. The van der Waals surface area contributed by atoms with Crippen LogP contribution in [0.1, 0.15) is 55.6 Å². The van der Waals surface area contributed by atoms with Gasteiger partial charge in [0.15, 0.2) is 0 Å². The van der Waals surface area contributed by atoms with Crippen LogP contribution in [-0.2, 0) is 4.74 Å². The van der Waals surface area contributed by atoms with Gasteiger partial charge >= 0.3 is 5.97 Å². The van der Waals surface area contributed by atoms with E-state index in [1.54, 1.807) is 20.0 Å². The highest BCUT2D eigenvalue weighted by Crippen LogP contribution is 2.34. The molecule has 0 bridgehead atoms. The molecule has 1 aromatic heterocycles. The maximum Gasteiger partial charge on any atom is 0.341 e. The van der Waals surface area contributed by atoms with Crippen LogP contribution in [0, 0.1) is 12.8 Å². The predicted molar refractivity (Wildman–Crippen MR) is 77.8 cm³/mol. The average Bonchev–Trinajstić information content (AvgIpc) is 3.22. The molecular formula is C15H23N3O2. The molecule has 1 unspecified atom stereocenters. The Hall–Kier alpha value is -1.65. The van der Waals surface area contributed by atoms with Crippen LogP contribution in [0.3, 0.4) is 0 Å². The number of anilines is 1. The summed E-state index contributed by atoms with van der Waals surface area (Å²) < 4.78 is 4.97. The first kappa shape index (κ1) is 14.8. The van der Waals surface area contributed by atoms with Gasteiger partial charge < -0.3 is 10.1 Å². The first-order valence-electron chi connectivity index (χ1n) is 7.41. The normalized spacial score (nSPS) is 15.8. The molecule has 1 aliphatic carbocycles. The van der Waals surface area contributed by atoms with Gasteiger partial charge in [-0.05, 0) is 32.6 Å². The molecule has 5 heteroatoms. The van der Waals surface area contributed by atoms with Crippen molar-refractivity contribution in [3.63, 3.8) is 0 Å². The molecule has 1 atom stereocenters. The van der Waals surface area contributed by atoms with Crippen molar-refractivity contribution in [2.45, 2.75) is 52.5 Å². The third-order valence-corrected chi connectivity index (χ3v) is 3.62. The Morgan fingerprint density at radius 3 is 2.80 bits per heavy atom. The third-order valence-electron chi connectivity index (χ3n) is 3.62. The highest BCUT2D eigenvalue weighted by molar-refractivity contribution is 5.90. The van der Waals surface area contributed by atoms with Gasteiger partial charge in [0, 0.05) is 12.2 Å². The van der Waals surface area contributed by atoms with E-state index in [9.17, 15) is 4.79 Å². The van der Waals surface area contributed by atoms with Gasteiger partial charge in [-0.2, -0.15) is 0 Å². The maximum absolute atomic E-state index is 11.7. The van der Waals surface area contributed by atoms with Crippen molar-refractivity contribution in [3.8, 4) is 0 Å². The van der Waals surface area contributed by atoms with Crippen molar-refractivity contribution in [1.82, 2.24) is 9.97 Å². The first-order valence-corrected chi connectivity index (χ1v) is 7.41. The van der Waals surface area contributed by atoms with Crippen molar-refractivity contribution in [1.29, 1.82) is 0 Å². The number of ether oxygens (including phenoxy) is 1. The molecule has 0 aliphatic heterocycles. The number of rotatable bonds is 7. The third kappa shape index (κ3) is 3.92. The van der Waals surface area contributed by atoms with E-state index < -0.39 is 0 Å². The molecule has 2 rings (SSSR count). The summed E-state index contributed by atoms with van der Waals surface area (Å²) >= 11 is 0. The maximum atomic E-state index is 11.7. The monoisotopic (exact) mass is 277 g/mol. The lowest BCUT2D eigenvalue weighted by molar-refractivity contribution is 0.0524. The van der Waals surface area contributed by atoms with Gasteiger partial charge in [0.25, 0.3) is 0 Å². The largest absolute Gasteiger partial charge is 0.462 e. The predicted octanol–water partition coefficient (Wildman–Crippen LogP) is 2.95. The zero-order chi connectivity index (χ0) is 14.5. The quantitative estimate of drug-likeness (QED) is 0.776. The number of nitrogens with zero attached hydrogens (tertiary/aromatic N) is 2.